The Morgan fingerprint density at radius 3 is 1.15 bits per heavy atom. The summed E-state index contributed by atoms with van der Waals surface area (Å²) in [7, 11) is -3.95. The van der Waals surface area contributed by atoms with Crippen molar-refractivity contribution in [1.29, 1.82) is 0 Å². The van der Waals surface area contributed by atoms with Crippen LogP contribution < -0.4 is 0 Å². The molecule has 0 saturated heterocycles. The third kappa shape index (κ3) is 18.1. The molecule has 0 spiro atoms. The Balaban J connectivity index is 1.86. The molecular formula is C56H95NO3Si2. The molecule has 2 unspecified atom stereocenters. The molecule has 3 aromatic rings. The van der Waals surface area contributed by atoms with E-state index in [-0.39, 0.29) is 22.3 Å². The van der Waals surface area contributed by atoms with E-state index in [0.29, 0.717) is 6.61 Å². The van der Waals surface area contributed by atoms with Crippen molar-refractivity contribution in [1.82, 2.24) is 4.90 Å². The predicted octanol–water partition coefficient (Wildman–Crippen LogP) is 16.7. The van der Waals surface area contributed by atoms with Gasteiger partial charge in [0.25, 0.3) is 0 Å². The molecule has 62 heavy (non-hydrogen) atoms. The van der Waals surface area contributed by atoms with Crippen LogP contribution in [-0.4, -0.2) is 60.0 Å². The van der Waals surface area contributed by atoms with Crippen LogP contribution in [0, 0.1) is 0 Å². The molecule has 3 aromatic carbocycles. The van der Waals surface area contributed by atoms with Gasteiger partial charge in [0.1, 0.15) is 5.60 Å². The molecule has 0 aromatic heterocycles. The molecule has 0 aliphatic carbocycles. The highest BCUT2D eigenvalue weighted by Gasteiger charge is 2.41. The number of unbranched alkanes of at least 4 members (excludes halogenated alkanes) is 12. The van der Waals surface area contributed by atoms with Crippen LogP contribution in [0.4, 0.5) is 0 Å². The fourth-order valence-corrected chi connectivity index (χ4v) is 11.1. The van der Waals surface area contributed by atoms with Crippen molar-refractivity contribution in [2.24, 2.45) is 0 Å². The summed E-state index contributed by atoms with van der Waals surface area (Å²) in [6.45, 7) is 32.5. The van der Waals surface area contributed by atoms with Crippen LogP contribution in [0.15, 0.2) is 91.0 Å². The van der Waals surface area contributed by atoms with Crippen molar-refractivity contribution in [3.63, 3.8) is 0 Å². The monoisotopic (exact) mass is 886 g/mol. The van der Waals surface area contributed by atoms with Crippen LogP contribution in [0.25, 0.3) is 0 Å². The number of hydrogen-bond acceptors (Lipinski definition) is 4. The zero-order chi connectivity index (χ0) is 45.5. The molecule has 0 heterocycles. The van der Waals surface area contributed by atoms with Gasteiger partial charge < -0.3 is 13.6 Å². The maximum absolute atomic E-state index is 7.39. The van der Waals surface area contributed by atoms with Crippen LogP contribution >= 0.6 is 0 Å². The van der Waals surface area contributed by atoms with Crippen LogP contribution in [0.3, 0.4) is 0 Å². The van der Waals surface area contributed by atoms with Crippen LogP contribution in [0.2, 0.25) is 36.3 Å². The van der Waals surface area contributed by atoms with Gasteiger partial charge in [-0.2, -0.15) is 0 Å². The van der Waals surface area contributed by atoms with Crippen molar-refractivity contribution >= 4 is 16.6 Å². The molecule has 0 radical (unpaired) electrons. The van der Waals surface area contributed by atoms with Crippen LogP contribution in [0.1, 0.15) is 181 Å². The van der Waals surface area contributed by atoms with Crippen LogP contribution in [0.5, 0.6) is 0 Å². The first-order valence-corrected chi connectivity index (χ1v) is 31.2. The molecule has 0 aliphatic heterocycles. The maximum atomic E-state index is 7.39. The molecule has 0 amide bonds. The average molecular weight is 887 g/mol. The second-order valence-electron chi connectivity index (χ2n) is 21.6. The maximum Gasteiger partial charge on any atom is 0.192 e. The number of ether oxygens (including phenoxy) is 1. The van der Waals surface area contributed by atoms with E-state index >= 15 is 0 Å². The Morgan fingerprint density at radius 2 is 0.790 bits per heavy atom. The smallest absolute Gasteiger partial charge is 0.192 e. The Kier molecular flexibility index (Phi) is 24.0. The summed E-state index contributed by atoms with van der Waals surface area (Å²) in [5.74, 6) is 0. The summed E-state index contributed by atoms with van der Waals surface area (Å²) in [5, 5.41) is 0.356. The lowest BCUT2D eigenvalue weighted by atomic mass is 9.80. The standard InChI is InChI=1S/C56H95NO3Si2/c1-13-15-17-19-21-33-43-52(59-61(9,10)54(3,4)5)47-57(48-53(44-34-22-20-18-16-14-2)60-62(11,12)55(6,7)8)45-35-26-36-46-58-56(49-37-27-23-28-38-49,50-39-29-24-30-40-50)51-41-31-25-32-42-51/h23-25,27-32,37-42,52-53H,13-22,26,33-36,43-48H2,1-12H3. The summed E-state index contributed by atoms with van der Waals surface area (Å²) < 4.78 is 22.0. The highest BCUT2D eigenvalue weighted by molar-refractivity contribution is 6.74. The molecule has 6 heteroatoms. The summed E-state index contributed by atoms with van der Waals surface area (Å²) in [4.78, 5) is 2.78. The first kappa shape index (κ1) is 54.3. The van der Waals surface area contributed by atoms with Gasteiger partial charge in [0.15, 0.2) is 16.6 Å². The van der Waals surface area contributed by atoms with E-state index in [1.807, 2.05) is 0 Å². The molecular weight excluding hydrogens is 791 g/mol. The molecule has 0 bridgehead atoms. The van der Waals surface area contributed by atoms with Gasteiger partial charge >= 0.3 is 0 Å². The van der Waals surface area contributed by atoms with Gasteiger partial charge in [-0.05, 0) is 91.6 Å². The normalized spacial score (nSPS) is 14.1. The quantitative estimate of drug-likeness (QED) is 0.0355. The van der Waals surface area contributed by atoms with Crippen molar-refractivity contribution in [3.05, 3.63) is 108 Å². The van der Waals surface area contributed by atoms with E-state index in [0.717, 1.165) is 51.7 Å². The molecule has 350 valence electrons. The molecule has 4 nitrogen and oxygen atoms in total. The van der Waals surface area contributed by atoms with Crippen molar-refractivity contribution < 1.29 is 13.6 Å². The fourth-order valence-electron chi connectivity index (χ4n) is 8.31. The SMILES string of the molecule is CCCCCCCCC(CN(CCCCCOC(c1ccccc1)(c1ccccc1)c1ccccc1)CC(CCCCCCCC)O[Si](C)(C)C(C)(C)C)O[Si](C)(C)C(C)(C)C. The lowest BCUT2D eigenvalue weighted by Gasteiger charge is -2.42. The van der Waals surface area contributed by atoms with Gasteiger partial charge in [-0.3, -0.25) is 4.90 Å². The fraction of sp³-hybridized carbons (Fsp3) is 0.679. The van der Waals surface area contributed by atoms with E-state index in [9.17, 15) is 0 Å². The molecule has 0 fully saturated rings. The van der Waals surface area contributed by atoms with Gasteiger partial charge in [-0.1, -0.05) is 223 Å². The first-order valence-electron chi connectivity index (χ1n) is 25.4. The molecule has 2 atom stereocenters. The third-order valence-electron chi connectivity index (χ3n) is 14.2. The van der Waals surface area contributed by atoms with Crippen molar-refractivity contribution in [2.45, 2.75) is 219 Å². The van der Waals surface area contributed by atoms with E-state index in [1.54, 1.807) is 0 Å². The molecule has 3 rings (SSSR count). The Bertz CT molecular complexity index is 1420. The average Bonchev–Trinajstić information content (AvgIpc) is 3.23. The molecule has 0 saturated carbocycles. The van der Waals surface area contributed by atoms with E-state index in [1.165, 1.54) is 93.7 Å². The highest BCUT2D eigenvalue weighted by atomic mass is 28.4. The lowest BCUT2D eigenvalue weighted by Crippen LogP contribution is -2.50. The van der Waals surface area contributed by atoms with E-state index < -0.39 is 22.2 Å². The molecule has 0 N–H and O–H groups in total. The number of nitrogens with zero attached hydrogens (tertiary/aromatic N) is 1. The lowest BCUT2D eigenvalue weighted by molar-refractivity contribution is 0.0100. The van der Waals surface area contributed by atoms with Crippen LogP contribution in [-0.2, 0) is 19.2 Å². The van der Waals surface area contributed by atoms with Gasteiger partial charge in [0.05, 0.1) is 12.2 Å². The van der Waals surface area contributed by atoms with E-state index in [4.69, 9.17) is 13.6 Å². The van der Waals surface area contributed by atoms with E-state index in [2.05, 4.69) is 177 Å². The second kappa shape index (κ2) is 27.4. The summed E-state index contributed by atoms with van der Waals surface area (Å²) >= 11 is 0. The topological polar surface area (TPSA) is 30.9 Å². The third-order valence-corrected chi connectivity index (χ3v) is 23.3. The first-order chi connectivity index (χ1) is 29.5. The zero-order valence-corrected chi connectivity index (χ0v) is 44.3. The van der Waals surface area contributed by atoms with Gasteiger partial charge in [-0.15, -0.1) is 0 Å². The van der Waals surface area contributed by atoms with Gasteiger partial charge in [-0.25, -0.2) is 0 Å². The van der Waals surface area contributed by atoms with Gasteiger partial charge in [0.2, 0.25) is 0 Å². The summed E-state index contributed by atoms with van der Waals surface area (Å²) in [5.41, 5.74) is 2.82. The van der Waals surface area contributed by atoms with Gasteiger partial charge in [0, 0.05) is 19.7 Å². The number of benzene rings is 3. The Morgan fingerprint density at radius 1 is 0.452 bits per heavy atom. The Hall–Kier alpha value is -2.07. The second-order valence-corrected chi connectivity index (χ2v) is 31.1. The number of hydrogen-bond donors (Lipinski definition) is 0. The summed E-state index contributed by atoms with van der Waals surface area (Å²) in [6.07, 6.45) is 21.8. The summed E-state index contributed by atoms with van der Waals surface area (Å²) in [6, 6.07) is 32.4. The van der Waals surface area contributed by atoms with Crippen molar-refractivity contribution in [2.75, 3.05) is 26.2 Å². The molecule has 0 aliphatic rings. The minimum absolute atomic E-state index is 0.178. The highest BCUT2D eigenvalue weighted by Crippen LogP contribution is 2.42. The minimum Gasteiger partial charge on any atom is -0.413 e. The number of rotatable bonds is 32. The Labute approximate surface area is 386 Å². The minimum atomic E-state index is -1.97. The largest absolute Gasteiger partial charge is 0.413 e. The van der Waals surface area contributed by atoms with Crippen molar-refractivity contribution in [3.8, 4) is 0 Å². The zero-order valence-electron chi connectivity index (χ0n) is 42.3. The predicted molar refractivity (Wildman–Crippen MR) is 276 cm³/mol.